The maximum Gasteiger partial charge on any atom is 0.254 e. The number of aromatic nitrogens is 3. The van der Waals surface area contributed by atoms with Crippen LogP contribution in [0.25, 0.3) is 10.7 Å². The largest absolute Gasteiger partial charge is 0.306 e. The normalized spacial score (nSPS) is 14.6. The van der Waals surface area contributed by atoms with Crippen LogP contribution >= 0.6 is 11.3 Å². The van der Waals surface area contributed by atoms with E-state index in [1.54, 1.807) is 11.3 Å². The smallest absolute Gasteiger partial charge is 0.254 e. The molecule has 0 aliphatic carbocycles. The third-order valence-electron chi connectivity index (χ3n) is 4.02. The molecule has 1 aliphatic heterocycles. The molecule has 5 nitrogen and oxygen atoms in total. The second-order valence-corrected chi connectivity index (χ2v) is 6.55. The molecule has 1 aliphatic rings. The van der Waals surface area contributed by atoms with Crippen molar-refractivity contribution >= 4 is 11.3 Å². The molecule has 23 heavy (non-hydrogen) atoms. The topological polar surface area (TPSA) is 61.9 Å². The lowest BCUT2D eigenvalue weighted by molar-refractivity contribution is 0.238. The van der Waals surface area contributed by atoms with Crippen LogP contribution in [0.1, 0.15) is 17.0 Å². The van der Waals surface area contributed by atoms with E-state index in [2.05, 4.69) is 14.9 Å². The molecule has 3 aromatic heterocycles. The summed E-state index contributed by atoms with van der Waals surface area (Å²) < 4.78 is 0. The highest BCUT2D eigenvalue weighted by atomic mass is 32.1. The Labute approximate surface area is 137 Å². The summed E-state index contributed by atoms with van der Waals surface area (Å²) in [6, 6.07) is 9.88. The molecular weight excluding hydrogens is 308 g/mol. The zero-order chi connectivity index (χ0) is 15.6. The number of nitrogens with zero attached hydrogens (tertiary/aromatic N) is 3. The fourth-order valence-corrected chi connectivity index (χ4v) is 3.55. The minimum atomic E-state index is -0.00381. The van der Waals surface area contributed by atoms with Gasteiger partial charge in [-0.2, -0.15) is 0 Å². The van der Waals surface area contributed by atoms with Crippen molar-refractivity contribution in [2.45, 2.75) is 19.5 Å². The van der Waals surface area contributed by atoms with Crippen LogP contribution in [0.3, 0.4) is 0 Å². The lowest BCUT2D eigenvalue weighted by Gasteiger charge is -2.27. The van der Waals surface area contributed by atoms with E-state index in [0.29, 0.717) is 12.4 Å². The first-order valence-electron chi connectivity index (χ1n) is 7.58. The SMILES string of the molecule is O=c1[nH]c(-c2cccs2)nc2c1CCN(Cc1ccccn1)C2. The Morgan fingerprint density at radius 3 is 3.00 bits per heavy atom. The average Bonchev–Trinajstić information content (AvgIpc) is 3.10. The molecule has 4 rings (SSSR count). The Kier molecular flexibility index (Phi) is 3.77. The van der Waals surface area contributed by atoms with Crippen molar-refractivity contribution in [3.05, 3.63) is 69.2 Å². The number of hydrogen-bond acceptors (Lipinski definition) is 5. The van der Waals surface area contributed by atoms with Gasteiger partial charge in [0.15, 0.2) is 5.82 Å². The molecule has 0 spiro atoms. The summed E-state index contributed by atoms with van der Waals surface area (Å²) in [6.07, 6.45) is 2.54. The maximum absolute atomic E-state index is 12.3. The van der Waals surface area contributed by atoms with Gasteiger partial charge in [-0.05, 0) is 30.0 Å². The molecule has 0 unspecified atom stereocenters. The number of pyridine rings is 1. The standard InChI is InChI=1S/C17H16N4OS/c22-17-13-6-8-21(10-12-4-1-2-7-18-12)11-14(13)19-16(20-17)15-5-3-9-23-15/h1-5,7,9H,6,8,10-11H2,(H,19,20,22). The van der Waals surface area contributed by atoms with Gasteiger partial charge in [0, 0.05) is 31.4 Å². The summed E-state index contributed by atoms with van der Waals surface area (Å²) in [5, 5.41) is 1.99. The van der Waals surface area contributed by atoms with Crippen molar-refractivity contribution in [2.75, 3.05) is 6.54 Å². The highest BCUT2D eigenvalue weighted by Crippen LogP contribution is 2.22. The number of aromatic amines is 1. The molecule has 116 valence electrons. The Morgan fingerprint density at radius 2 is 2.22 bits per heavy atom. The van der Waals surface area contributed by atoms with Crippen molar-refractivity contribution < 1.29 is 0 Å². The van der Waals surface area contributed by atoms with Gasteiger partial charge in [0.25, 0.3) is 5.56 Å². The maximum atomic E-state index is 12.3. The number of thiophene rings is 1. The fourth-order valence-electron chi connectivity index (χ4n) is 2.88. The second kappa shape index (κ2) is 6.06. The molecule has 0 bridgehead atoms. The Morgan fingerprint density at radius 1 is 1.26 bits per heavy atom. The molecule has 0 radical (unpaired) electrons. The van der Waals surface area contributed by atoms with Gasteiger partial charge >= 0.3 is 0 Å². The van der Waals surface area contributed by atoms with Crippen LogP contribution in [0.15, 0.2) is 46.7 Å². The number of nitrogens with one attached hydrogen (secondary N) is 1. The lowest BCUT2D eigenvalue weighted by Crippen LogP contribution is -2.35. The van der Waals surface area contributed by atoms with E-state index in [1.807, 2.05) is 41.9 Å². The Bertz CT molecular complexity index is 858. The Hall–Kier alpha value is -2.31. The third-order valence-corrected chi connectivity index (χ3v) is 4.90. The molecule has 0 saturated heterocycles. The first-order valence-corrected chi connectivity index (χ1v) is 8.46. The molecule has 3 aromatic rings. The van der Waals surface area contributed by atoms with E-state index in [0.717, 1.165) is 41.3 Å². The predicted octanol–water partition coefficient (Wildman–Crippen LogP) is 2.45. The van der Waals surface area contributed by atoms with E-state index < -0.39 is 0 Å². The van der Waals surface area contributed by atoms with Crippen LogP contribution in [-0.4, -0.2) is 26.4 Å². The number of fused-ring (bicyclic) bond motifs is 1. The highest BCUT2D eigenvalue weighted by molar-refractivity contribution is 7.13. The van der Waals surface area contributed by atoms with Crippen LogP contribution < -0.4 is 5.56 Å². The lowest BCUT2D eigenvalue weighted by atomic mass is 10.1. The molecule has 4 heterocycles. The van der Waals surface area contributed by atoms with E-state index in [1.165, 1.54) is 0 Å². The highest BCUT2D eigenvalue weighted by Gasteiger charge is 2.21. The predicted molar refractivity (Wildman–Crippen MR) is 90.2 cm³/mol. The minimum Gasteiger partial charge on any atom is -0.306 e. The van der Waals surface area contributed by atoms with Crippen molar-refractivity contribution in [2.24, 2.45) is 0 Å². The molecule has 6 heteroatoms. The van der Waals surface area contributed by atoms with Crippen LogP contribution in [0.4, 0.5) is 0 Å². The molecule has 0 fully saturated rings. The first-order chi connectivity index (χ1) is 11.3. The summed E-state index contributed by atoms with van der Waals surface area (Å²) >= 11 is 1.58. The first kappa shape index (κ1) is 14.3. The van der Waals surface area contributed by atoms with Crippen LogP contribution in [0.2, 0.25) is 0 Å². The molecule has 0 aromatic carbocycles. The van der Waals surface area contributed by atoms with Crippen molar-refractivity contribution in [3.63, 3.8) is 0 Å². The quantitative estimate of drug-likeness (QED) is 0.804. The molecule has 0 amide bonds. The van der Waals surface area contributed by atoms with Gasteiger partial charge in [-0.15, -0.1) is 11.3 Å². The van der Waals surface area contributed by atoms with E-state index in [4.69, 9.17) is 4.98 Å². The van der Waals surface area contributed by atoms with E-state index in [9.17, 15) is 4.79 Å². The summed E-state index contributed by atoms with van der Waals surface area (Å²) in [5.41, 5.74) is 2.75. The zero-order valence-corrected chi connectivity index (χ0v) is 13.3. The van der Waals surface area contributed by atoms with Crippen LogP contribution in [0.5, 0.6) is 0 Å². The van der Waals surface area contributed by atoms with Gasteiger partial charge < -0.3 is 4.98 Å². The zero-order valence-electron chi connectivity index (χ0n) is 12.5. The third kappa shape index (κ3) is 2.95. The van der Waals surface area contributed by atoms with Gasteiger partial charge in [0.1, 0.15) is 0 Å². The summed E-state index contributed by atoms with van der Waals surface area (Å²) in [6.45, 7) is 2.32. The fraction of sp³-hybridized carbons (Fsp3) is 0.235. The Balaban J connectivity index is 1.62. The number of rotatable bonds is 3. The average molecular weight is 324 g/mol. The summed E-state index contributed by atoms with van der Waals surface area (Å²) in [5.74, 6) is 0.670. The second-order valence-electron chi connectivity index (χ2n) is 5.60. The summed E-state index contributed by atoms with van der Waals surface area (Å²) in [4.78, 5) is 27.6. The molecule has 0 atom stereocenters. The molecule has 1 N–H and O–H groups in total. The molecule has 0 saturated carbocycles. The van der Waals surface area contributed by atoms with Crippen LogP contribution in [0, 0.1) is 0 Å². The van der Waals surface area contributed by atoms with Gasteiger partial charge in [0.2, 0.25) is 0 Å². The van der Waals surface area contributed by atoms with E-state index >= 15 is 0 Å². The van der Waals surface area contributed by atoms with Crippen molar-refractivity contribution in [1.82, 2.24) is 19.9 Å². The summed E-state index contributed by atoms with van der Waals surface area (Å²) in [7, 11) is 0. The number of hydrogen-bond donors (Lipinski definition) is 1. The van der Waals surface area contributed by atoms with Crippen LogP contribution in [-0.2, 0) is 19.5 Å². The van der Waals surface area contributed by atoms with Gasteiger partial charge in [-0.1, -0.05) is 12.1 Å². The number of H-pyrrole nitrogens is 1. The van der Waals surface area contributed by atoms with Gasteiger partial charge in [-0.3, -0.25) is 14.7 Å². The molecular formula is C17H16N4OS. The monoisotopic (exact) mass is 324 g/mol. The van der Waals surface area contributed by atoms with Gasteiger partial charge in [-0.25, -0.2) is 4.98 Å². The van der Waals surface area contributed by atoms with Crippen molar-refractivity contribution in [3.8, 4) is 10.7 Å². The van der Waals surface area contributed by atoms with Crippen molar-refractivity contribution in [1.29, 1.82) is 0 Å². The van der Waals surface area contributed by atoms with E-state index in [-0.39, 0.29) is 5.56 Å². The minimum absolute atomic E-state index is 0.00381. The van der Waals surface area contributed by atoms with Gasteiger partial charge in [0.05, 0.1) is 16.3 Å².